The van der Waals surface area contributed by atoms with Crippen molar-refractivity contribution in [3.63, 3.8) is 0 Å². The number of nitrogens with one attached hydrogen (secondary N) is 1. The zero-order valence-corrected chi connectivity index (χ0v) is 6.07. The molecule has 1 nitrogen and oxygen atoms in total. The van der Waals surface area contributed by atoms with Crippen molar-refractivity contribution in [2.45, 2.75) is 13.3 Å². The van der Waals surface area contributed by atoms with Crippen LogP contribution in [0.3, 0.4) is 0 Å². The van der Waals surface area contributed by atoms with E-state index in [2.05, 4.69) is 24.9 Å². The number of likely N-dealkylation sites (N-methyl/N-ethyl adjacent to an activating group) is 1. The molecule has 0 aromatic carbocycles. The van der Waals surface area contributed by atoms with E-state index in [0.717, 1.165) is 11.6 Å². The molecule has 1 aliphatic carbocycles. The van der Waals surface area contributed by atoms with Crippen LogP contribution in [0.5, 0.6) is 0 Å². The number of hydrogen-bond donors (Lipinski definition) is 1. The molecule has 0 heterocycles. The summed E-state index contributed by atoms with van der Waals surface area (Å²) in [5, 5.41) is 2.99. The summed E-state index contributed by atoms with van der Waals surface area (Å²) in [4.78, 5) is 0. The van der Waals surface area contributed by atoms with Crippen LogP contribution >= 0.6 is 0 Å². The van der Waals surface area contributed by atoms with Crippen LogP contribution in [0.4, 0.5) is 0 Å². The van der Waals surface area contributed by atoms with E-state index < -0.39 is 0 Å². The van der Waals surface area contributed by atoms with Crippen LogP contribution in [0, 0.1) is 5.92 Å². The molecule has 1 rings (SSSR count). The molecule has 0 radical (unpaired) electrons. The van der Waals surface area contributed by atoms with Crippen molar-refractivity contribution < 1.29 is 0 Å². The molecule has 1 atom stereocenters. The molecule has 0 bridgehead atoms. The van der Waals surface area contributed by atoms with Gasteiger partial charge in [0, 0.05) is 12.7 Å². The molecule has 0 aliphatic heterocycles. The Labute approximate surface area is 56.5 Å². The average Bonchev–Trinajstić information content (AvgIpc) is 2.47. The van der Waals surface area contributed by atoms with Crippen molar-refractivity contribution in [3.05, 3.63) is 23.9 Å². The van der Waals surface area contributed by atoms with Crippen LogP contribution < -0.4 is 5.32 Å². The maximum Gasteiger partial charge on any atom is 0.0264 e. The molecule has 0 aromatic rings. The lowest BCUT2D eigenvalue weighted by Crippen LogP contribution is -2.00. The standard InChI is InChI=1S/C8H13N/c1-6-4-8(6)5-7(2)9-3/h5-6,9H,2,4H2,1,3H3/b8-5+. The third-order valence-corrected chi connectivity index (χ3v) is 1.70. The normalized spacial score (nSPS) is 28.2. The van der Waals surface area contributed by atoms with Crippen molar-refractivity contribution in [3.8, 4) is 0 Å². The Morgan fingerprint density at radius 3 is 2.78 bits per heavy atom. The number of rotatable bonds is 2. The highest BCUT2D eigenvalue weighted by Crippen LogP contribution is 2.36. The fourth-order valence-electron chi connectivity index (χ4n) is 0.792. The SMILES string of the molecule is C=C(/C=C1\CC1C)NC. The molecule has 0 spiro atoms. The Balaban J connectivity index is 2.41. The van der Waals surface area contributed by atoms with Gasteiger partial charge < -0.3 is 5.32 Å². The third-order valence-electron chi connectivity index (χ3n) is 1.70. The van der Waals surface area contributed by atoms with Gasteiger partial charge in [-0.25, -0.2) is 0 Å². The molecule has 1 saturated carbocycles. The largest absolute Gasteiger partial charge is 0.389 e. The fraction of sp³-hybridized carbons (Fsp3) is 0.500. The first-order valence-corrected chi connectivity index (χ1v) is 3.31. The zero-order valence-electron chi connectivity index (χ0n) is 6.07. The Kier molecular flexibility index (Phi) is 1.60. The Bertz CT molecular complexity index is 156. The maximum absolute atomic E-state index is 3.80. The lowest BCUT2D eigenvalue weighted by molar-refractivity contribution is 1.01. The first-order chi connectivity index (χ1) is 4.24. The molecule has 1 fully saturated rings. The second-order valence-corrected chi connectivity index (χ2v) is 2.60. The summed E-state index contributed by atoms with van der Waals surface area (Å²) in [6.07, 6.45) is 3.39. The maximum atomic E-state index is 3.80. The summed E-state index contributed by atoms with van der Waals surface area (Å²) in [6.45, 7) is 6.03. The van der Waals surface area contributed by atoms with E-state index in [-0.39, 0.29) is 0 Å². The number of allylic oxidation sites excluding steroid dienone is 2. The van der Waals surface area contributed by atoms with Crippen molar-refractivity contribution >= 4 is 0 Å². The van der Waals surface area contributed by atoms with Crippen molar-refractivity contribution in [1.29, 1.82) is 0 Å². The zero-order chi connectivity index (χ0) is 6.85. The highest BCUT2D eigenvalue weighted by Gasteiger charge is 2.23. The summed E-state index contributed by atoms with van der Waals surface area (Å²) in [7, 11) is 1.90. The van der Waals surface area contributed by atoms with Gasteiger partial charge in [-0.2, -0.15) is 0 Å². The van der Waals surface area contributed by atoms with Crippen molar-refractivity contribution in [2.75, 3.05) is 7.05 Å². The lowest BCUT2D eigenvalue weighted by atomic mass is 10.3. The molecule has 1 aliphatic rings. The molecule has 1 N–H and O–H groups in total. The summed E-state index contributed by atoms with van der Waals surface area (Å²) in [5.74, 6) is 0.815. The van der Waals surface area contributed by atoms with E-state index in [1.165, 1.54) is 12.0 Å². The van der Waals surface area contributed by atoms with E-state index in [1.54, 1.807) is 0 Å². The van der Waals surface area contributed by atoms with Gasteiger partial charge >= 0.3 is 0 Å². The predicted octanol–water partition coefficient (Wildman–Crippen LogP) is 1.69. The number of hydrogen-bond acceptors (Lipinski definition) is 1. The van der Waals surface area contributed by atoms with Crippen molar-refractivity contribution in [2.24, 2.45) is 5.92 Å². The minimum atomic E-state index is 0.815. The monoisotopic (exact) mass is 123 g/mol. The summed E-state index contributed by atoms with van der Waals surface area (Å²) in [6, 6.07) is 0. The van der Waals surface area contributed by atoms with Gasteiger partial charge in [0.2, 0.25) is 0 Å². The van der Waals surface area contributed by atoms with Crippen LogP contribution in [0.1, 0.15) is 13.3 Å². The van der Waals surface area contributed by atoms with Gasteiger partial charge in [0.05, 0.1) is 0 Å². The molecule has 0 aromatic heterocycles. The summed E-state index contributed by atoms with van der Waals surface area (Å²) in [5.41, 5.74) is 2.55. The summed E-state index contributed by atoms with van der Waals surface area (Å²) >= 11 is 0. The molecule has 0 amide bonds. The van der Waals surface area contributed by atoms with E-state index in [1.807, 2.05) is 7.05 Å². The molecule has 1 unspecified atom stereocenters. The van der Waals surface area contributed by atoms with E-state index in [4.69, 9.17) is 0 Å². The van der Waals surface area contributed by atoms with Gasteiger partial charge in [-0.3, -0.25) is 0 Å². The first-order valence-electron chi connectivity index (χ1n) is 3.31. The highest BCUT2D eigenvalue weighted by atomic mass is 14.8. The van der Waals surface area contributed by atoms with Crippen LogP contribution in [0.2, 0.25) is 0 Å². The Hall–Kier alpha value is -0.720. The predicted molar refractivity (Wildman–Crippen MR) is 40.1 cm³/mol. The minimum absolute atomic E-state index is 0.815. The molecule has 9 heavy (non-hydrogen) atoms. The van der Waals surface area contributed by atoms with Gasteiger partial charge in [0.15, 0.2) is 0 Å². The molecular formula is C8H13N. The molecule has 1 heteroatoms. The fourth-order valence-corrected chi connectivity index (χ4v) is 0.792. The van der Waals surface area contributed by atoms with Gasteiger partial charge in [-0.05, 0) is 18.4 Å². The topological polar surface area (TPSA) is 12.0 Å². The van der Waals surface area contributed by atoms with Gasteiger partial charge in [-0.15, -0.1) is 0 Å². The molecular weight excluding hydrogens is 110 g/mol. The van der Waals surface area contributed by atoms with Gasteiger partial charge in [0.1, 0.15) is 0 Å². The van der Waals surface area contributed by atoms with Crippen LogP contribution in [-0.2, 0) is 0 Å². The highest BCUT2D eigenvalue weighted by molar-refractivity contribution is 5.30. The van der Waals surface area contributed by atoms with E-state index in [0.29, 0.717) is 0 Å². The van der Waals surface area contributed by atoms with Crippen LogP contribution in [-0.4, -0.2) is 7.05 Å². The van der Waals surface area contributed by atoms with E-state index >= 15 is 0 Å². The van der Waals surface area contributed by atoms with Crippen LogP contribution in [0.15, 0.2) is 23.9 Å². The van der Waals surface area contributed by atoms with Crippen LogP contribution in [0.25, 0.3) is 0 Å². The molecule has 50 valence electrons. The Morgan fingerprint density at radius 1 is 1.89 bits per heavy atom. The first kappa shape index (κ1) is 6.40. The average molecular weight is 123 g/mol. The quantitative estimate of drug-likeness (QED) is 0.589. The van der Waals surface area contributed by atoms with Crippen molar-refractivity contribution in [1.82, 2.24) is 5.32 Å². The molecule has 0 saturated heterocycles. The minimum Gasteiger partial charge on any atom is -0.389 e. The summed E-state index contributed by atoms with van der Waals surface area (Å²) < 4.78 is 0. The second-order valence-electron chi connectivity index (χ2n) is 2.60. The Morgan fingerprint density at radius 2 is 2.44 bits per heavy atom. The van der Waals surface area contributed by atoms with Gasteiger partial charge in [0.25, 0.3) is 0 Å². The lowest BCUT2D eigenvalue weighted by Gasteiger charge is -1.93. The second kappa shape index (κ2) is 2.26. The van der Waals surface area contributed by atoms with Gasteiger partial charge in [-0.1, -0.05) is 19.1 Å². The third kappa shape index (κ3) is 1.60. The smallest absolute Gasteiger partial charge is 0.0264 e. The van der Waals surface area contributed by atoms with E-state index in [9.17, 15) is 0 Å².